The van der Waals surface area contributed by atoms with Crippen molar-refractivity contribution in [3.05, 3.63) is 34.3 Å². The van der Waals surface area contributed by atoms with Gasteiger partial charge in [-0.1, -0.05) is 55.6 Å². The molecule has 2 atom stereocenters. The minimum atomic E-state index is -1.96. The zero-order valence-corrected chi connectivity index (χ0v) is 11.8. The van der Waals surface area contributed by atoms with E-state index < -0.39 is 8.86 Å². The van der Waals surface area contributed by atoms with Crippen molar-refractivity contribution in [3.63, 3.8) is 0 Å². The minimum Gasteiger partial charge on any atom is -0.212 e. The van der Waals surface area contributed by atoms with Gasteiger partial charge in [0, 0.05) is 4.47 Å². The van der Waals surface area contributed by atoms with Crippen molar-refractivity contribution in [1.82, 2.24) is 0 Å². The highest BCUT2D eigenvalue weighted by atomic mass is 79.9. The van der Waals surface area contributed by atoms with Gasteiger partial charge in [0.25, 0.3) is 4.04 Å². The summed E-state index contributed by atoms with van der Waals surface area (Å²) in [5.41, 5.74) is 0.776. The first-order chi connectivity index (χ1) is 5.91. The molecule has 0 saturated carbocycles. The molecular weight excluding hydrogens is 390 g/mol. The van der Waals surface area contributed by atoms with Crippen LogP contribution in [0.3, 0.4) is 0 Å². The van der Waals surface area contributed by atoms with Crippen molar-refractivity contribution >= 4 is 59.4 Å². The van der Waals surface area contributed by atoms with E-state index in [9.17, 15) is 4.39 Å². The van der Waals surface area contributed by atoms with Crippen LogP contribution < -0.4 is 0 Å². The molecule has 0 bridgehead atoms. The van der Waals surface area contributed by atoms with Gasteiger partial charge in [-0.15, -0.1) is 0 Å². The molecule has 0 aliphatic heterocycles. The van der Waals surface area contributed by atoms with Crippen LogP contribution in [0.5, 0.6) is 0 Å². The van der Waals surface area contributed by atoms with Gasteiger partial charge in [-0.2, -0.15) is 0 Å². The highest BCUT2D eigenvalue weighted by Crippen LogP contribution is 2.44. The standard InChI is InChI=1S/C8H5Br3ClF/c9-6-3-1-5(2-4-6)7(10)8(11,12)13/h1-4,7H/t7-,8-/m0/s1. The smallest absolute Gasteiger partial charge is 0.212 e. The molecule has 0 radical (unpaired) electrons. The van der Waals surface area contributed by atoms with Crippen molar-refractivity contribution in [2.45, 2.75) is 8.86 Å². The number of hydrogen-bond donors (Lipinski definition) is 0. The van der Waals surface area contributed by atoms with Crippen LogP contribution in [0, 0.1) is 0 Å². The zero-order valence-electron chi connectivity index (χ0n) is 6.28. The van der Waals surface area contributed by atoms with Gasteiger partial charge >= 0.3 is 0 Å². The summed E-state index contributed by atoms with van der Waals surface area (Å²) in [5, 5.41) is 0. The van der Waals surface area contributed by atoms with E-state index in [-0.39, 0.29) is 0 Å². The van der Waals surface area contributed by atoms with Crippen LogP contribution in [0.15, 0.2) is 28.7 Å². The van der Waals surface area contributed by atoms with E-state index in [1.165, 1.54) is 0 Å². The first-order valence-electron chi connectivity index (χ1n) is 3.37. The molecule has 0 aliphatic carbocycles. The maximum Gasteiger partial charge on any atom is 0.254 e. The molecule has 1 rings (SSSR count). The molecule has 72 valence electrons. The molecule has 0 fully saturated rings. The van der Waals surface area contributed by atoms with Gasteiger partial charge in [0.1, 0.15) is 0 Å². The Morgan fingerprint density at radius 1 is 1.31 bits per heavy atom. The van der Waals surface area contributed by atoms with Crippen molar-refractivity contribution < 1.29 is 4.39 Å². The number of halogens is 5. The van der Waals surface area contributed by atoms with Gasteiger partial charge in [-0.05, 0) is 33.6 Å². The third kappa shape index (κ3) is 3.50. The summed E-state index contributed by atoms with van der Waals surface area (Å²) < 4.78 is 12.2. The second-order valence-electron chi connectivity index (χ2n) is 2.46. The molecule has 0 spiro atoms. The largest absolute Gasteiger partial charge is 0.254 e. The number of rotatable bonds is 2. The van der Waals surface area contributed by atoms with E-state index in [2.05, 4.69) is 47.8 Å². The maximum absolute atomic E-state index is 13.2. The first-order valence-corrected chi connectivity index (χ1v) is 6.25. The molecule has 0 aromatic heterocycles. The van der Waals surface area contributed by atoms with E-state index in [1.807, 2.05) is 12.1 Å². The number of alkyl halides is 4. The lowest BCUT2D eigenvalue weighted by molar-refractivity contribution is 0.407. The Labute approximate surface area is 106 Å². The summed E-state index contributed by atoms with van der Waals surface area (Å²) in [6.07, 6.45) is 0. The molecular formula is C8H5Br3ClF. The summed E-state index contributed by atoms with van der Waals surface area (Å²) in [6.45, 7) is 0. The minimum absolute atomic E-state index is 0.574. The summed E-state index contributed by atoms with van der Waals surface area (Å²) >= 11 is 14.6. The molecule has 13 heavy (non-hydrogen) atoms. The molecule has 0 N–H and O–H groups in total. The van der Waals surface area contributed by atoms with Gasteiger partial charge in [0.05, 0.1) is 4.83 Å². The second kappa shape index (κ2) is 4.60. The Balaban J connectivity index is 2.90. The third-order valence-corrected chi connectivity index (χ3v) is 4.69. The van der Waals surface area contributed by atoms with Crippen molar-refractivity contribution in [1.29, 1.82) is 0 Å². The van der Waals surface area contributed by atoms with E-state index in [4.69, 9.17) is 11.6 Å². The van der Waals surface area contributed by atoms with Gasteiger partial charge in [-0.25, -0.2) is 4.39 Å². The Morgan fingerprint density at radius 2 is 1.77 bits per heavy atom. The van der Waals surface area contributed by atoms with Crippen LogP contribution in [0.1, 0.15) is 10.4 Å². The van der Waals surface area contributed by atoms with Gasteiger partial charge in [0.2, 0.25) is 0 Å². The molecule has 0 nitrogen and oxygen atoms in total. The Bertz CT molecular complexity index is 280. The Morgan fingerprint density at radius 3 is 2.15 bits per heavy atom. The molecule has 1 aromatic carbocycles. The van der Waals surface area contributed by atoms with E-state index >= 15 is 0 Å². The molecule has 0 amide bonds. The van der Waals surface area contributed by atoms with Crippen molar-refractivity contribution in [2.75, 3.05) is 0 Å². The van der Waals surface area contributed by atoms with E-state index in [1.54, 1.807) is 12.1 Å². The molecule has 0 unspecified atom stereocenters. The monoisotopic (exact) mass is 392 g/mol. The van der Waals surface area contributed by atoms with Crippen LogP contribution in [-0.2, 0) is 0 Å². The SMILES string of the molecule is F[C@](Cl)(Br)[C@@H](Br)c1ccc(Br)cc1. The second-order valence-corrected chi connectivity index (χ2v) is 6.45. The van der Waals surface area contributed by atoms with Crippen molar-refractivity contribution in [3.8, 4) is 0 Å². The van der Waals surface area contributed by atoms with Crippen LogP contribution in [0.4, 0.5) is 4.39 Å². The fourth-order valence-electron chi connectivity index (χ4n) is 0.821. The fraction of sp³-hybridized carbons (Fsp3) is 0.250. The van der Waals surface area contributed by atoms with Crippen LogP contribution >= 0.6 is 59.4 Å². The third-order valence-electron chi connectivity index (χ3n) is 1.45. The quantitative estimate of drug-likeness (QED) is 0.609. The Kier molecular flexibility index (Phi) is 4.23. The first kappa shape index (κ1) is 12.0. The normalized spacial score (nSPS) is 17.9. The van der Waals surface area contributed by atoms with Gasteiger partial charge in [-0.3, -0.25) is 0 Å². The maximum atomic E-state index is 13.2. The summed E-state index contributed by atoms with van der Waals surface area (Å²) in [7, 11) is 0. The predicted octanol–water partition coefficient (Wildman–Crippen LogP) is 5.14. The average molecular weight is 395 g/mol. The Hall–Kier alpha value is 0.880. The lowest BCUT2D eigenvalue weighted by Gasteiger charge is -2.17. The predicted molar refractivity (Wildman–Crippen MR) is 64.4 cm³/mol. The zero-order chi connectivity index (χ0) is 10.1. The van der Waals surface area contributed by atoms with E-state index in [0.717, 1.165) is 10.0 Å². The van der Waals surface area contributed by atoms with E-state index in [0.29, 0.717) is 0 Å². The lowest BCUT2D eigenvalue weighted by Crippen LogP contribution is -2.11. The number of hydrogen-bond acceptors (Lipinski definition) is 0. The molecule has 1 aromatic rings. The molecule has 0 aliphatic rings. The number of benzene rings is 1. The molecule has 5 heteroatoms. The van der Waals surface area contributed by atoms with Gasteiger partial charge < -0.3 is 0 Å². The average Bonchev–Trinajstić information content (AvgIpc) is 2.03. The fourth-order valence-corrected chi connectivity index (χ4v) is 1.78. The summed E-state index contributed by atoms with van der Waals surface area (Å²) in [4.78, 5) is -0.574. The highest BCUT2D eigenvalue weighted by Gasteiger charge is 2.33. The van der Waals surface area contributed by atoms with Gasteiger partial charge in [0.15, 0.2) is 0 Å². The van der Waals surface area contributed by atoms with Crippen LogP contribution in [-0.4, -0.2) is 4.04 Å². The highest BCUT2D eigenvalue weighted by molar-refractivity contribution is 9.12. The molecule has 0 saturated heterocycles. The van der Waals surface area contributed by atoms with Crippen LogP contribution in [0.2, 0.25) is 0 Å². The topological polar surface area (TPSA) is 0 Å². The van der Waals surface area contributed by atoms with Crippen LogP contribution in [0.25, 0.3) is 0 Å². The summed E-state index contributed by atoms with van der Waals surface area (Å²) in [5.74, 6) is 0. The van der Waals surface area contributed by atoms with Crippen molar-refractivity contribution in [2.24, 2.45) is 0 Å². The lowest BCUT2D eigenvalue weighted by atomic mass is 10.2. The molecule has 0 heterocycles. The summed E-state index contributed by atoms with van der Waals surface area (Å²) in [6, 6.07) is 7.25.